The summed E-state index contributed by atoms with van der Waals surface area (Å²) in [5.74, 6) is -1.69. The topological polar surface area (TPSA) is 146 Å². The van der Waals surface area contributed by atoms with E-state index in [4.69, 9.17) is 10.5 Å². The average Bonchev–Trinajstić information content (AvgIpc) is 3.19. The molecule has 1 heterocycles. The Labute approximate surface area is 278 Å². The van der Waals surface area contributed by atoms with Gasteiger partial charge in [-0.05, 0) is 59.5 Å². The lowest BCUT2D eigenvalue weighted by atomic mass is 10.1. The Bertz CT molecular complexity index is 1810. The minimum Gasteiger partial charge on any atom is -0.481 e. The maximum atomic E-state index is 13.7. The number of likely N-dealkylation sites (N-methyl/N-ethyl adjacent to an activating group) is 1. The second-order valence-electron chi connectivity index (χ2n) is 11.5. The first-order valence-electron chi connectivity index (χ1n) is 15.4. The van der Waals surface area contributed by atoms with Gasteiger partial charge in [-0.3, -0.25) is 14.4 Å². The predicted octanol–water partition coefficient (Wildman–Crippen LogP) is 4.87. The second-order valence-corrected chi connectivity index (χ2v) is 11.5. The molecule has 0 saturated heterocycles. The number of carbonyl (C=O) groups is 4. The van der Waals surface area contributed by atoms with Crippen molar-refractivity contribution in [2.24, 2.45) is 10.7 Å². The molecule has 0 saturated carbocycles. The van der Waals surface area contributed by atoms with E-state index in [1.807, 2.05) is 66.7 Å². The third-order valence-electron chi connectivity index (χ3n) is 8.29. The number of hydrogen-bond acceptors (Lipinski definition) is 6. The van der Waals surface area contributed by atoms with Gasteiger partial charge in [0.1, 0.15) is 18.5 Å². The lowest BCUT2D eigenvalue weighted by Crippen LogP contribution is -2.46. The van der Waals surface area contributed by atoms with Crippen molar-refractivity contribution in [3.8, 4) is 0 Å². The third-order valence-corrected chi connectivity index (χ3v) is 8.29. The van der Waals surface area contributed by atoms with E-state index in [1.165, 1.54) is 4.90 Å². The van der Waals surface area contributed by atoms with E-state index in [1.54, 1.807) is 60.3 Å². The van der Waals surface area contributed by atoms with Crippen LogP contribution in [-0.4, -0.2) is 66.4 Å². The van der Waals surface area contributed by atoms with Gasteiger partial charge in [0, 0.05) is 49.7 Å². The van der Waals surface area contributed by atoms with Gasteiger partial charge < -0.3 is 30.3 Å². The summed E-state index contributed by atoms with van der Waals surface area (Å²) in [6, 6.07) is 30.0. The Morgan fingerprint density at radius 3 is 2.19 bits per heavy atom. The molecule has 246 valence electrons. The zero-order valence-corrected chi connectivity index (χ0v) is 26.8. The van der Waals surface area contributed by atoms with Crippen LogP contribution in [0.5, 0.6) is 0 Å². The van der Waals surface area contributed by atoms with Gasteiger partial charge in [0.25, 0.3) is 5.91 Å². The third kappa shape index (κ3) is 8.05. The molecule has 1 aliphatic heterocycles. The molecule has 3 amide bonds. The van der Waals surface area contributed by atoms with Crippen LogP contribution < -0.4 is 15.5 Å². The number of carboxylic acid groups (broad SMARTS) is 1. The number of nitrogens with zero attached hydrogens (tertiary/aromatic N) is 4. The highest BCUT2D eigenvalue weighted by Gasteiger charge is 2.35. The van der Waals surface area contributed by atoms with Crippen molar-refractivity contribution in [2.45, 2.75) is 32.0 Å². The molecule has 1 atom stereocenters. The summed E-state index contributed by atoms with van der Waals surface area (Å²) in [7, 11) is 3.32. The zero-order chi connectivity index (χ0) is 34.2. The van der Waals surface area contributed by atoms with Crippen LogP contribution in [0.4, 0.5) is 16.2 Å². The Balaban J connectivity index is 1.30. The van der Waals surface area contributed by atoms with E-state index in [0.717, 1.165) is 16.7 Å². The molecule has 5 rings (SSSR count). The molecule has 0 bridgehead atoms. The zero-order valence-electron chi connectivity index (χ0n) is 26.8. The van der Waals surface area contributed by atoms with Gasteiger partial charge in [0.15, 0.2) is 0 Å². The summed E-state index contributed by atoms with van der Waals surface area (Å²) in [5.41, 5.74) is 10.8. The summed E-state index contributed by atoms with van der Waals surface area (Å²) in [4.78, 5) is 59.9. The van der Waals surface area contributed by atoms with E-state index in [0.29, 0.717) is 35.5 Å². The monoisotopic (exact) mass is 647 g/mol. The minimum atomic E-state index is -1.09. The van der Waals surface area contributed by atoms with Crippen molar-refractivity contribution in [3.63, 3.8) is 0 Å². The Hall–Kier alpha value is -5.97. The standard InChI is InChI=1S/C37H37N5O6/c1-40(30-17-15-27(16-18-30)34(38)39-37(47)48-24-26-11-7-4-8-12-26)35(45)28-13-14-29-23-42(20-19-25-9-5-3-6-10-25)36(46)32(22-33(43)44)41(2)31(29)21-28/h3-18,21,32H,19-20,22-24H2,1-2H3,(H,43,44)(H2,38,39,47). The number of amidine groups is 1. The fourth-order valence-corrected chi connectivity index (χ4v) is 5.56. The fraction of sp³-hybridized carbons (Fsp3) is 0.216. The molecule has 48 heavy (non-hydrogen) atoms. The number of aliphatic imine (C=N–C) groups is 1. The molecular formula is C37H37N5O6. The van der Waals surface area contributed by atoms with Crippen molar-refractivity contribution < 1.29 is 29.0 Å². The first-order valence-corrected chi connectivity index (χ1v) is 15.4. The van der Waals surface area contributed by atoms with Gasteiger partial charge in [-0.25, -0.2) is 4.79 Å². The summed E-state index contributed by atoms with van der Waals surface area (Å²) in [5, 5.41) is 9.64. The molecule has 0 radical (unpaired) electrons. The van der Waals surface area contributed by atoms with E-state index in [2.05, 4.69) is 4.99 Å². The molecule has 4 aromatic rings. The van der Waals surface area contributed by atoms with Crippen LogP contribution in [0.15, 0.2) is 108 Å². The van der Waals surface area contributed by atoms with Crippen LogP contribution in [0.3, 0.4) is 0 Å². The van der Waals surface area contributed by atoms with Crippen molar-refractivity contribution in [1.82, 2.24) is 4.90 Å². The first-order chi connectivity index (χ1) is 23.1. The first kappa shape index (κ1) is 33.4. The lowest BCUT2D eigenvalue weighted by molar-refractivity contribution is -0.142. The molecule has 11 nitrogen and oxygen atoms in total. The fourth-order valence-electron chi connectivity index (χ4n) is 5.56. The van der Waals surface area contributed by atoms with Gasteiger partial charge in [-0.15, -0.1) is 0 Å². The highest BCUT2D eigenvalue weighted by molar-refractivity contribution is 6.07. The molecule has 0 aromatic heterocycles. The van der Waals surface area contributed by atoms with Gasteiger partial charge in [0.2, 0.25) is 5.91 Å². The van der Waals surface area contributed by atoms with Crippen LogP contribution >= 0.6 is 0 Å². The number of aliphatic carboxylic acids is 1. The highest BCUT2D eigenvalue weighted by Crippen LogP contribution is 2.31. The normalized spacial score (nSPS) is 14.6. The number of hydrogen-bond donors (Lipinski definition) is 2. The number of anilines is 2. The average molecular weight is 648 g/mol. The number of fused-ring (bicyclic) bond motifs is 1. The molecule has 0 aliphatic carbocycles. The molecule has 0 spiro atoms. The van der Waals surface area contributed by atoms with Gasteiger partial charge in [0.05, 0.1) is 6.42 Å². The lowest BCUT2D eigenvalue weighted by Gasteiger charge is -2.29. The summed E-state index contributed by atoms with van der Waals surface area (Å²) in [6.07, 6.45) is -0.563. The van der Waals surface area contributed by atoms with Gasteiger partial charge in [-0.1, -0.05) is 66.7 Å². The molecule has 11 heteroatoms. The van der Waals surface area contributed by atoms with E-state index >= 15 is 0 Å². The van der Waals surface area contributed by atoms with Crippen molar-refractivity contribution >= 4 is 41.1 Å². The predicted molar refractivity (Wildman–Crippen MR) is 183 cm³/mol. The minimum absolute atomic E-state index is 0.0225. The second kappa shape index (κ2) is 15.1. The highest BCUT2D eigenvalue weighted by atomic mass is 16.5. The van der Waals surface area contributed by atoms with Crippen molar-refractivity contribution in [3.05, 3.63) is 131 Å². The molecule has 3 N–H and O–H groups in total. The summed E-state index contributed by atoms with van der Waals surface area (Å²) >= 11 is 0. The number of carbonyl (C=O) groups excluding carboxylic acids is 3. The molecule has 4 aromatic carbocycles. The molecular weight excluding hydrogens is 610 g/mol. The SMILES string of the molecule is CN(C(=O)c1ccc2c(c1)N(C)C(CC(=O)O)C(=O)N(CCc1ccccc1)C2)c1ccc(/C(N)=N\C(=O)OCc2ccccc2)cc1. The van der Waals surface area contributed by atoms with Gasteiger partial charge in [-0.2, -0.15) is 4.99 Å². The number of amides is 3. The number of benzene rings is 4. The Morgan fingerprint density at radius 2 is 1.54 bits per heavy atom. The van der Waals surface area contributed by atoms with Crippen molar-refractivity contribution in [1.29, 1.82) is 0 Å². The summed E-state index contributed by atoms with van der Waals surface area (Å²) < 4.78 is 5.17. The number of rotatable bonds is 10. The quantitative estimate of drug-likeness (QED) is 0.183. The largest absolute Gasteiger partial charge is 0.481 e. The van der Waals surface area contributed by atoms with Crippen molar-refractivity contribution in [2.75, 3.05) is 30.4 Å². The maximum Gasteiger partial charge on any atom is 0.435 e. The molecule has 0 fully saturated rings. The smallest absolute Gasteiger partial charge is 0.435 e. The van der Waals surface area contributed by atoms with Crippen LogP contribution in [-0.2, 0) is 33.9 Å². The summed E-state index contributed by atoms with van der Waals surface area (Å²) in [6.45, 7) is 0.787. The number of ether oxygens (including phenoxy) is 1. The van der Waals surface area contributed by atoms with E-state index in [-0.39, 0.29) is 37.2 Å². The Morgan fingerprint density at radius 1 is 0.917 bits per heavy atom. The molecule has 1 aliphatic rings. The van der Waals surface area contributed by atoms with Crippen LogP contribution in [0.25, 0.3) is 0 Å². The van der Waals surface area contributed by atoms with Crippen LogP contribution in [0, 0.1) is 0 Å². The van der Waals surface area contributed by atoms with Gasteiger partial charge >= 0.3 is 12.1 Å². The Kier molecular flexibility index (Phi) is 10.5. The number of nitrogens with two attached hydrogens (primary N) is 1. The van der Waals surface area contributed by atoms with E-state index < -0.39 is 18.1 Å². The number of carboxylic acids is 1. The van der Waals surface area contributed by atoms with Crippen LogP contribution in [0.1, 0.15) is 39.0 Å². The molecule has 1 unspecified atom stereocenters. The van der Waals surface area contributed by atoms with Crippen LogP contribution in [0.2, 0.25) is 0 Å². The van der Waals surface area contributed by atoms with E-state index in [9.17, 15) is 24.3 Å². The maximum absolute atomic E-state index is 13.7.